The van der Waals surface area contributed by atoms with E-state index in [-0.39, 0.29) is 25.7 Å². The van der Waals surface area contributed by atoms with E-state index in [2.05, 4.69) is 19.2 Å². The van der Waals surface area contributed by atoms with E-state index in [1.807, 2.05) is 21.1 Å². The summed E-state index contributed by atoms with van der Waals surface area (Å²) in [6, 6.07) is 0. The molecule has 0 aliphatic carbocycles. The number of hydrogen-bond donors (Lipinski definition) is 2. The molecule has 0 fully saturated rings. The average molecular weight is 650 g/mol. The van der Waals surface area contributed by atoms with Gasteiger partial charge in [0.1, 0.15) is 13.2 Å². The molecule has 44 heavy (non-hydrogen) atoms. The number of phosphoric ester groups is 1. The Morgan fingerprint density at radius 1 is 0.659 bits per heavy atom. The predicted octanol–water partition coefficient (Wildman–Crippen LogP) is 9.34. The van der Waals surface area contributed by atoms with E-state index in [9.17, 15) is 14.3 Å². The standard InChI is InChI=1S/C35H73N2O6P/c1-6-8-10-12-14-16-17-18-19-21-23-25-27-30-41-34(33-43-44(39,40)42-31-29-37(3,4)5)32-36-35(38)28-26-24-22-20-15-13-11-9-7-2/h34H,6-33H2,1-5H3,(H-,36,38,39,40)/p+1. The largest absolute Gasteiger partial charge is 0.472 e. The first-order valence-electron chi connectivity index (χ1n) is 18.4. The third-order valence-corrected chi connectivity index (χ3v) is 9.06. The fourth-order valence-electron chi connectivity index (χ4n) is 5.09. The summed E-state index contributed by atoms with van der Waals surface area (Å²) in [5.41, 5.74) is 0. The Balaban J connectivity index is 4.28. The molecule has 8 nitrogen and oxygen atoms in total. The van der Waals surface area contributed by atoms with Gasteiger partial charge in [0.05, 0.1) is 33.9 Å². The Morgan fingerprint density at radius 2 is 1.09 bits per heavy atom. The molecule has 0 aromatic heterocycles. The van der Waals surface area contributed by atoms with Crippen LogP contribution in [0.15, 0.2) is 0 Å². The number of carbonyl (C=O) groups is 1. The average Bonchev–Trinajstić information content (AvgIpc) is 2.96. The fourth-order valence-corrected chi connectivity index (χ4v) is 5.83. The lowest BCUT2D eigenvalue weighted by Crippen LogP contribution is -2.37. The number of unbranched alkanes of at least 4 members (excludes halogenated alkanes) is 20. The Bertz CT molecular complexity index is 689. The molecule has 0 aliphatic rings. The molecule has 0 aliphatic heterocycles. The number of ether oxygens (including phenoxy) is 1. The van der Waals surface area contributed by atoms with E-state index in [0.29, 0.717) is 24.1 Å². The highest BCUT2D eigenvalue weighted by molar-refractivity contribution is 7.47. The van der Waals surface area contributed by atoms with Crippen molar-refractivity contribution >= 4 is 13.7 Å². The van der Waals surface area contributed by atoms with Crippen LogP contribution in [0.1, 0.15) is 162 Å². The van der Waals surface area contributed by atoms with E-state index >= 15 is 0 Å². The van der Waals surface area contributed by atoms with Gasteiger partial charge in [-0.05, 0) is 12.8 Å². The van der Waals surface area contributed by atoms with Crippen molar-refractivity contribution in [2.45, 2.75) is 168 Å². The summed E-state index contributed by atoms with van der Waals surface area (Å²) in [4.78, 5) is 22.6. The van der Waals surface area contributed by atoms with Crippen LogP contribution < -0.4 is 5.32 Å². The lowest BCUT2D eigenvalue weighted by Gasteiger charge is -2.24. The third kappa shape index (κ3) is 32.9. The summed E-state index contributed by atoms with van der Waals surface area (Å²) in [6.45, 7) is 5.90. The molecule has 0 aromatic rings. The lowest BCUT2D eigenvalue weighted by atomic mass is 10.0. The van der Waals surface area contributed by atoms with Crippen LogP contribution in [0.4, 0.5) is 0 Å². The van der Waals surface area contributed by atoms with Crippen LogP contribution in [-0.4, -0.2) is 75.4 Å². The van der Waals surface area contributed by atoms with Gasteiger partial charge in [-0.3, -0.25) is 13.8 Å². The number of likely N-dealkylation sites (N-methyl/N-ethyl adjacent to an activating group) is 1. The molecule has 2 N–H and O–H groups in total. The number of nitrogens with zero attached hydrogens (tertiary/aromatic N) is 1. The molecule has 2 atom stereocenters. The molecule has 9 heteroatoms. The van der Waals surface area contributed by atoms with Crippen LogP contribution in [-0.2, 0) is 23.1 Å². The predicted molar refractivity (Wildman–Crippen MR) is 185 cm³/mol. The molecule has 0 bridgehead atoms. The fraction of sp³-hybridized carbons (Fsp3) is 0.971. The van der Waals surface area contributed by atoms with Gasteiger partial charge in [0, 0.05) is 19.6 Å². The van der Waals surface area contributed by atoms with Crippen LogP contribution in [0.5, 0.6) is 0 Å². The van der Waals surface area contributed by atoms with Gasteiger partial charge in [0.15, 0.2) is 0 Å². The van der Waals surface area contributed by atoms with Gasteiger partial charge in [-0.25, -0.2) is 4.57 Å². The van der Waals surface area contributed by atoms with Gasteiger partial charge in [-0.2, -0.15) is 0 Å². The van der Waals surface area contributed by atoms with E-state index in [4.69, 9.17) is 13.8 Å². The van der Waals surface area contributed by atoms with Crippen LogP contribution >= 0.6 is 7.82 Å². The van der Waals surface area contributed by atoms with Gasteiger partial charge in [-0.15, -0.1) is 0 Å². The van der Waals surface area contributed by atoms with Crippen molar-refractivity contribution < 1.29 is 32.5 Å². The van der Waals surface area contributed by atoms with E-state index in [0.717, 1.165) is 25.7 Å². The maximum Gasteiger partial charge on any atom is 0.472 e. The summed E-state index contributed by atoms with van der Waals surface area (Å²) < 4.78 is 29.5. The molecule has 0 heterocycles. The van der Waals surface area contributed by atoms with Crippen molar-refractivity contribution in [3.63, 3.8) is 0 Å². The van der Waals surface area contributed by atoms with Crippen LogP contribution in [0.3, 0.4) is 0 Å². The Kier molecular flexibility index (Phi) is 29.5. The number of nitrogens with one attached hydrogen (secondary N) is 1. The SMILES string of the molecule is CCCCCCCCCCCCCCCOC(CNC(=O)CCCCCCCCCCC)COP(=O)(O)OCC[N+](C)(C)C. The summed E-state index contributed by atoms with van der Waals surface area (Å²) in [6.07, 6.45) is 27.6. The zero-order valence-electron chi connectivity index (χ0n) is 29.8. The zero-order chi connectivity index (χ0) is 32.8. The van der Waals surface area contributed by atoms with Crippen molar-refractivity contribution in [3.8, 4) is 0 Å². The van der Waals surface area contributed by atoms with E-state index in [1.54, 1.807) is 0 Å². The highest BCUT2D eigenvalue weighted by atomic mass is 31.2. The molecule has 0 saturated carbocycles. The summed E-state index contributed by atoms with van der Waals surface area (Å²) in [7, 11) is 1.78. The number of phosphoric acid groups is 1. The summed E-state index contributed by atoms with van der Waals surface area (Å²) in [5.74, 6) is -0.00566. The minimum atomic E-state index is -4.19. The van der Waals surface area contributed by atoms with Crippen LogP contribution in [0.2, 0.25) is 0 Å². The number of rotatable bonds is 34. The van der Waals surface area contributed by atoms with E-state index in [1.165, 1.54) is 116 Å². The topological polar surface area (TPSA) is 94.1 Å². The quantitative estimate of drug-likeness (QED) is 0.0410. The second kappa shape index (κ2) is 29.9. The maximum atomic E-state index is 12.5. The second-order valence-electron chi connectivity index (χ2n) is 13.7. The monoisotopic (exact) mass is 650 g/mol. The Labute approximate surface area is 273 Å². The first kappa shape index (κ1) is 43.5. The summed E-state index contributed by atoms with van der Waals surface area (Å²) in [5, 5.41) is 2.95. The molecule has 264 valence electrons. The lowest BCUT2D eigenvalue weighted by molar-refractivity contribution is -0.870. The number of carbonyl (C=O) groups excluding carboxylic acids is 1. The highest BCUT2D eigenvalue weighted by Gasteiger charge is 2.25. The molecular formula is C35H74N2O6P+. The maximum absolute atomic E-state index is 12.5. The van der Waals surface area contributed by atoms with Crippen molar-refractivity contribution in [2.24, 2.45) is 0 Å². The molecule has 2 unspecified atom stereocenters. The second-order valence-corrected chi connectivity index (χ2v) is 15.2. The minimum Gasteiger partial charge on any atom is -0.374 e. The molecule has 0 aromatic carbocycles. The molecule has 0 radical (unpaired) electrons. The normalized spacial score (nSPS) is 14.0. The Morgan fingerprint density at radius 3 is 1.55 bits per heavy atom. The van der Waals surface area contributed by atoms with Crippen LogP contribution in [0, 0.1) is 0 Å². The first-order chi connectivity index (χ1) is 21.1. The smallest absolute Gasteiger partial charge is 0.374 e. The number of quaternary nitrogens is 1. The van der Waals surface area contributed by atoms with E-state index < -0.39 is 13.9 Å². The molecule has 1 amide bonds. The van der Waals surface area contributed by atoms with Crippen molar-refractivity contribution in [2.75, 3.05) is 54.1 Å². The van der Waals surface area contributed by atoms with Crippen molar-refractivity contribution in [3.05, 3.63) is 0 Å². The van der Waals surface area contributed by atoms with Gasteiger partial charge in [0.25, 0.3) is 0 Å². The van der Waals surface area contributed by atoms with Gasteiger partial charge >= 0.3 is 7.82 Å². The minimum absolute atomic E-state index is 0.00566. The van der Waals surface area contributed by atoms with Crippen molar-refractivity contribution in [1.82, 2.24) is 5.32 Å². The molecule has 0 spiro atoms. The van der Waals surface area contributed by atoms with Crippen molar-refractivity contribution in [1.29, 1.82) is 0 Å². The van der Waals surface area contributed by atoms with Gasteiger partial charge in [-0.1, -0.05) is 142 Å². The first-order valence-corrected chi connectivity index (χ1v) is 19.9. The molecule has 0 saturated heterocycles. The van der Waals surface area contributed by atoms with Crippen LogP contribution in [0.25, 0.3) is 0 Å². The third-order valence-electron chi connectivity index (χ3n) is 8.08. The Hall–Kier alpha value is -0.500. The summed E-state index contributed by atoms with van der Waals surface area (Å²) >= 11 is 0. The van der Waals surface area contributed by atoms with Gasteiger partial charge < -0.3 is 19.4 Å². The van der Waals surface area contributed by atoms with Gasteiger partial charge in [0.2, 0.25) is 5.91 Å². The number of amides is 1. The highest BCUT2D eigenvalue weighted by Crippen LogP contribution is 2.43. The zero-order valence-corrected chi connectivity index (χ0v) is 30.7. The number of hydrogen-bond acceptors (Lipinski definition) is 5. The molecular weight excluding hydrogens is 575 g/mol. The molecule has 0 rings (SSSR count).